The Morgan fingerprint density at radius 2 is 2.17 bits per heavy atom. The Labute approximate surface area is 120 Å². The predicted molar refractivity (Wildman–Crippen MR) is 77.7 cm³/mol. The number of rotatable bonds is 2. The van der Waals surface area contributed by atoms with Gasteiger partial charge in [-0.15, -0.1) is 0 Å². The van der Waals surface area contributed by atoms with Crippen LogP contribution in [0.1, 0.15) is 24.2 Å². The Kier molecular flexibility index (Phi) is 4.20. The van der Waals surface area contributed by atoms with Gasteiger partial charge in [0.25, 0.3) is 5.91 Å². The maximum Gasteiger partial charge on any atom is 0.280 e. The van der Waals surface area contributed by atoms with Gasteiger partial charge in [0.05, 0.1) is 16.5 Å². The number of thioether (sulfide) groups is 1. The van der Waals surface area contributed by atoms with Gasteiger partial charge in [-0.2, -0.15) is 4.99 Å². The lowest BCUT2D eigenvalue weighted by molar-refractivity contribution is 0.100. The first-order valence-electron chi connectivity index (χ1n) is 5.46. The minimum Gasteiger partial charge on any atom is -0.339 e. The van der Waals surface area contributed by atoms with Gasteiger partial charge < -0.3 is 4.90 Å². The first-order chi connectivity index (χ1) is 8.49. The topological polar surface area (TPSA) is 32.7 Å². The second-order valence-electron chi connectivity index (χ2n) is 4.16. The van der Waals surface area contributed by atoms with E-state index in [2.05, 4.69) is 23.7 Å². The maximum absolute atomic E-state index is 12.0. The van der Waals surface area contributed by atoms with E-state index in [1.165, 1.54) is 0 Å². The number of aliphatic imine (C=N–C) groups is 1. The number of carbonyl (C=O) groups excluding carboxylic acids is 1. The van der Waals surface area contributed by atoms with Crippen molar-refractivity contribution >= 4 is 46.0 Å². The van der Waals surface area contributed by atoms with Crippen LogP contribution in [0.3, 0.4) is 0 Å². The second kappa shape index (κ2) is 5.51. The monoisotopic (exact) mass is 302 g/mol. The molecule has 1 amide bonds. The Bertz CT molecular complexity index is 517. The zero-order valence-electron chi connectivity index (χ0n) is 9.98. The summed E-state index contributed by atoms with van der Waals surface area (Å²) in [4.78, 5) is 18.1. The van der Waals surface area contributed by atoms with Gasteiger partial charge >= 0.3 is 0 Å². The lowest BCUT2D eigenvalue weighted by Gasteiger charge is -2.36. The van der Waals surface area contributed by atoms with Gasteiger partial charge in [-0.25, -0.2) is 0 Å². The van der Waals surface area contributed by atoms with Crippen LogP contribution < -0.4 is 0 Å². The van der Waals surface area contributed by atoms with Crippen molar-refractivity contribution in [1.29, 1.82) is 0 Å². The zero-order chi connectivity index (χ0) is 13.3. The van der Waals surface area contributed by atoms with E-state index in [9.17, 15) is 4.79 Å². The first-order valence-corrected chi connectivity index (χ1v) is 7.20. The number of benzene rings is 1. The minimum absolute atomic E-state index is 0.329. The van der Waals surface area contributed by atoms with Crippen molar-refractivity contribution in [1.82, 2.24) is 4.90 Å². The molecular weight excluding hydrogens is 291 g/mol. The molecule has 0 N–H and O–H groups in total. The molecule has 0 unspecified atom stereocenters. The number of hydrogen-bond acceptors (Lipinski definition) is 2. The molecule has 0 aliphatic carbocycles. The predicted octanol–water partition coefficient (Wildman–Crippen LogP) is 3.90. The molecule has 96 valence electrons. The van der Waals surface area contributed by atoms with Crippen LogP contribution in [0.25, 0.3) is 0 Å². The Morgan fingerprint density at radius 1 is 1.44 bits per heavy atom. The normalized spacial score (nSPS) is 17.2. The van der Waals surface area contributed by atoms with E-state index in [0.29, 0.717) is 21.7 Å². The molecule has 1 aromatic rings. The second-order valence-corrected chi connectivity index (χ2v) is 5.92. The molecule has 0 aromatic heterocycles. The van der Waals surface area contributed by atoms with Crippen LogP contribution in [-0.2, 0) is 0 Å². The molecule has 1 aliphatic rings. The Balaban J connectivity index is 2.20. The molecule has 0 radical (unpaired) electrons. The largest absolute Gasteiger partial charge is 0.339 e. The molecule has 18 heavy (non-hydrogen) atoms. The number of hydrogen-bond donors (Lipinski definition) is 0. The summed E-state index contributed by atoms with van der Waals surface area (Å²) in [5.41, 5.74) is 0.379. The third kappa shape index (κ3) is 2.82. The summed E-state index contributed by atoms with van der Waals surface area (Å²) in [6, 6.07) is 5.12. The average molecular weight is 303 g/mol. The summed E-state index contributed by atoms with van der Waals surface area (Å²) in [6.07, 6.45) is 0. The van der Waals surface area contributed by atoms with Crippen molar-refractivity contribution in [2.45, 2.75) is 19.9 Å². The molecule has 1 fully saturated rings. The smallest absolute Gasteiger partial charge is 0.280 e. The zero-order valence-corrected chi connectivity index (χ0v) is 12.3. The molecule has 1 saturated heterocycles. The van der Waals surface area contributed by atoms with Crippen LogP contribution in [-0.4, -0.2) is 27.9 Å². The van der Waals surface area contributed by atoms with E-state index in [1.807, 2.05) is 0 Å². The van der Waals surface area contributed by atoms with Crippen LogP contribution in [0.15, 0.2) is 23.2 Å². The van der Waals surface area contributed by atoms with Gasteiger partial charge in [-0.1, -0.05) is 35.0 Å². The molecular formula is C12H12Cl2N2OS. The van der Waals surface area contributed by atoms with Crippen molar-refractivity contribution < 1.29 is 4.79 Å². The van der Waals surface area contributed by atoms with Crippen LogP contribution in [0.5, 0.6) is 0 Å². The molecule has 0 spiro atoms. The highest BCUT2D eigenvalue weighted by Crippen LogP contribution is 2.27. The van der Waals surface area contributed by atoms with Gasteiger partial charge in [0, 0.05) is 11.1 Å². The molecule has 1 aromatic carbocycles. The number of halogens is 2. The van der Waals surface area contributed by atoms with Gasteiger partial charge in [0.2, 0.25) is 0 Å². The van der Waals surface area contributed by atoms with Gasteiger partial charge in [-0.05, 0) is 32.0 Å². The van der Waals surface area contributed by atoms with Crippen LogP contribution >= 0.6 is 35.0 Å². The number of amidine groups is 1. The van der Waals surface area contributed by atoms with Crippen LogP contribution in [0.4, 0.5) is 0 Å². The summed E-state index contributed by atoms with van der Waals surface area (Å²) in [5, 5.41) is 1.59. The Hall–Kier alpha value is -0.710. The first kappa shape index (κ1) is 13.7. The van der Waals surface area contributed by atoms with Crippen molar-refractivity contribution in [2.24, 2.45) is 4.99 Å². The highest BCUT2D eigenvalue weighted by molar-refractivity contribution is 8.15. The lowest BCUT2D eigenvalue weighted by Crippen LogP contribution is -2.43. The van der Waals surface area contributed by atoms with Crippen molar-refractivity contribution in [2.75, 3.05) is 5.88 Å². The minimum atomic E-state index is -0.329. The summed E-state index contributed by atoms with van der Waals surface area (Å²) in [6.45, 7) is 4.13. The number of amides is 1. The van der Waals surface area contributed by atoms with Crippen molar-refractivity contribution in [3.63, 3.8) is 0 Å². The number of carbonyl (C=O) groups is 1. The fraction of sp³-hybridized carbons (Fsp3) is 0.333. The standard InChI is InChI=1S/C12H12Cl2N2OS/c1-7(2)16-6-18-12(16)15-11(17)9-4-3-8(13)5-10(9)14/h3-5,7H,6H2,1-2H3. The van der Waals surface area contributed by atoms with E-state index in [0.717, 1.165) is 11.0 Å². The fourth-order valence-corrected chi connectivity index (χ4v) is 3.01. The van der Waals surface area contributed by atoms with Gasteiger partial charge in [-0.3, -0.25) is 4.79 Å². The average Bonchev–Trinajstić information content (AvgIpc) is 2.23. The molecule has 0 bridgehead atoms. The fourth-order valence-electron chi connectivity index (χ4n) is 1.47. The molecule has 6 heteroatoms. The summed E-state index contributed by atoms with van der Waals surface area (Å²) in [7, 11) is 0. The molecule has 3 nitrogen and oxygen atoms in total. The van der Waals surface area contributed by atoms with Crippen molar-refractivity contribution in [3.05, 3.63) is 33.8 Å². The van der Waals surface area contributed by atoms with E-state index in [1.54, 1.807) is 30.0 Å². The highest BCUT2D eigenvalue weighted by atomic mass is 35.5. The highest BCUT2D eigenvalue weighted by Gasteiger charge is 2.26. The molecule has 1 aliphatic heterocycles. The molecule has 1 heterocycles. The summed E-state index contributed by atoms with van der Waals surface area (Å²) in [5.74, 6) is 0.544. The van der Waals surface area contributed by atoms with E-state index in [-0.39, 0.29) is 5.91 Å². The molecule has 2 rings (SSSR count). The third-order valence-corrected chi connectivity index (χ3v) is 4.10. The quantitative estimate of drug-likeness (QED) is 0.830. The summed E-state index contributed by atoms with van der Waals surface area (Å²) < 4.78 is 0. The van der Waals surface area contributed by atoms with E-state index < -0.39 is 0 Å². The van der Waals surface area contributed by atoms with Gasteiger partial charge in [0.1, 0.15) is 0 Å². The van der Waals surface area contributed by atoms with Gasteiger partial charge in [0.15, 0.2) is 5.17 Å². The van der Waals surface area contributed by atoms with E-state index >= 15 is 0 Å². The number of nitrogens with zero attached hydrogens (tertiary/aromatic N) is 2. The SMILES string of the molecule is CC(C)N1CSC1=NC(=O)c1ccc(Cl)cc1Cl. The lowest BCUT2D eigenvalue weighted by atomic mass is 10.2. The van der Waals surface area contributed by atoms with Crippen molar-refractivity contribution in [3.8, 4) is 0 Å². The third-order valence-electron chi connectivity index (χ3n) is 2.56. The van der Waals surface area contributed by atoms with Crippen LogP contribution in [0.2, 0.25) is 10.0 Å². The molecule has 0 saturated carbocycles. The maximum atomic E-state index is 12.0. The van der Waals surface area contributed by atoms with Crippen LogP contribution in [0, 0.1) is 0 Å². The summed E-state index contributed by atoms with van der Waals surface area (Å²) >= 11 is 13.3. The molecule has 0 atom stereocenters. The van der Waals surface area contributed by atoms with E-state index in [4.69, 9.17) is 23.2 Å². The Morgan fingerprint density at radius 3 is 2.67 bits per heavy atom.